The Balaban J connectivity index is 2.34. The van der Waals surface area contributed by atoms with Gasteiger partial charge in [-0.15, -0.1) is 0 Å². The van der Waals surface area contributed by atoms with Gasteiger partial charge < -0.3 is 16.8 Å². The Hall–Kier alpha value is -4.20. The minimum atomic E-state index is -5.09. The number of nitrogens with zero attached hydrogens (tertiary/aromatic N) is 4. The summed E-state index contributed by atoms with van der Waals surface area (Å²) in [4.78, 5) is 7.85. The van der Waals surface area contributed by atoms with Crippen molar-refractivity contribution < 1.29 is 26.3 Å². The van der Waals surface area contributed by atoms with Crippen molar-refractivity contribution in [3.05, 3.63) is 46.0 Å². The highest BCUT2D eigenvalue weighted by Crippen LogP contribution is 2.44. The summed E-state index contributed by atoms with van der Waals surface area (Å²) < 4.78 is 79.7. The van der Waals surface area contributed by atoms with E-state index in [0.29, 0.717) is 12.1 Å². The molecule has 0 spiro atoms. The standard InChI is InChI=1S/C17H10F6N8/c18-16(19,20)7-1-6(2-8(3-7)17(21,22)23)12-10-11(26)9(4-24)13(27)30-14(10)31-15(29-12)28-5-25/h1-3,12H,(H6,26,27,28,29,30,31). The van der Waals surface area contributed by atoms with Gasteiger partial charge in [-0.05, 0) is 23.8 Å². The molecule has 160 valence electrons. The van der Waals surface area contributed by atoms with Crippen molar-refractivity contribution in [2.24, 2.45) is 4.99 Å². The molecule has 1 unspecified atom stereocenters. The van der Waals surface area contributed by atoms with E-state index >= 15 is 0 Å². The highest BCUT2D eigenvalue weighted by atomic mass is 19.4. The molecular weight excluding hydrogens is 430 g/mol. The summed E-state index contributed by atoms with van der Waals surface area (Å²) >= 11 is 0. The second kappa shape index (κ2) is 7.24. The van der Waals surface area contributed by atoms with Crippen LogP contribution in [0.4, 0.5) is 43.7 Å². The normalized spacial score (nSPS) is 15.7. The van der Waals surface area contributed by atoms with Crippen molar-refractivity contribution in [1.29, 1.82) is 10.5 Å². The van der Waals surface area contributed by atoms with E-state index in [1.807, 2.05) is 0 Å². The van der Waals surface area contributed by atoms with Crippen LogP contribution in [0.15, 0.2) is 23.2 Å². The second-order valence-electron chi connectivity index (χ2n) is 6.24. The van der Waals surface area contributed by atoms with E-state index in [1.54, 1.807) is 6.07 Å². The number of aliphatic imine (C=N–C) groups is 1. The molecule has 0 bridgehead atoms. The average molecular weight is 440 g/mol. The van der Waals surface area contributed by atoms with Crippen molar-refractivity contribution >= 4 is 23.3 Å². The van der Waals surface area contributed by atoms with Gasteiger partial charge in [-0.3, -0.25) is 5.32 Å². The Labute approximate surface area is 169 Å². The Bertz CT molecular complexity index is 1140. The van der Waals surface area contributed by atoms with Gasteiger partial charge in [-0.25, -0.2) is 9.98 Å². The topological polar surface area (TPSA) is 149 Å². The van der Waals surface area contributed by atoms with Gasteiger partial charge in [0.25, 0.3) is 0 Å². The molecule has 1 atom stereocenters. The van der Waals surface area contributed by atoms with Gasteiger partial charge >= 0.3 is 12.4 Å². The molecule has 1 aliphatic rings. The summed E-state index contributed by atoms with van der Waals surface area (Å²) in [6.07, 6.45) is -8.67. The first-order chi connectivity index (χ1) is 14.4. The van der Waals surface area contributed by atoms with Crippen LogP contribution in [0.3, 0.4) is 0 Å². The van der Waals surface area contributed by atoms with E-state index in [0.717, 1.165) is 0 Å². The predicted octanol–water partition coefficient (Wildman–Crippen LogP) is 3.10. The van der Waals surface area contributed by atoms with Crippen LogP contribution in [-0.4, -0.2) is 10.9 Å². The summed E-state index contributed by atoms with van der Waals surface area (Å²) in [5.74, 6) is -0.831. The lowest BCUT2D eigenvalue weighted by Crippen LogP contribution is -2.33. The SMILES string of the molecule is N#CNC1=NC(c2cc(C(F)(F)F)cc(C(F)(F)F)c2)c2c(nc(N)c(C#N)c2N)N1. The summed E-state index contributed by atoms with van der Waals surface area (Å²) in [5.41, 5.74) is 7.10. The highest BCUT2D eigenvalue weighted by Gasteiger charge is 2.39. The molecule has 31 heavy (non-hydrogen) atoms. The number of anilines is 3. The quantitative estimate of drug-likeness (QED) is 0.302. The number of guanidine groups is 1. The first kappa shape index (κ1) is 21.5. The van der Waals surface area contributed by atoms with E-state index in [2.05, 4.69) is 20.6 Å². The second-order valence-corrected chi connectivity index (χ2v) is 6.24. The lowest BCUT2D eigenvalue weighted by molar-refractivity contribution is -0.143. The number of nitrogens with one attached hydrogen (secondary N) is 2. The Morgan fingerprint density at radius 2 is 1.58 bits per heavy atom. The number of benzene rings is 1. The molecule has 1 aliphatic heterocycles. The monoisotopic (exact) mass is 440 g/mol. The molecular formula is C17H10F6N8. The number of hydrogen-bond donors (Lipinski definition) is 4. The van der Waals surface area contributed by atoms with Crippen molar-refractivity contribution in [2.45, 2.75) is 18.4 Å². The Morgan fingerprint density at radius 3 is 2.06 bits per heavy atom. The molecule has 0 saturated heterocycles. The van der Waals surface area contributed by atoms with E-state index in [-0.39, 0.29) is 40.5 Å². The maximum atomic E-state index is 13.3. The van der Waals surface area contributed by atoms with E-state index < -0.39 is 35.1 Å². The third kappa shape index (κ3) is 3.95. The Morgan fingerprint density at radius 1 is 1.00 bits per heavy atom. The average Bonchev–Trinajstić information content (AvgIpc) is 2.66. The van der Waals surface area contributed by atoms with Gasteiger partial charge in [0, 0.05) is 5.56 Å². The number of rotatable bonds is 1. The smallest absolute Gasteiger partial charge is 0.397 e. The van der Waals surface area contributed by atoms with Gasteiger partial charge in [-0.1, -0.05) is 0 Å². The maximum absolute atomic E-state index is 13.3. The van der Waals surface area contributed by atoms with Crippen LogP contribution in [0.1, 0.15) is 33.9 Å². The number of halogens is 6. The minimum Gasteiger partial charge on any atom is -0.397 e. The van der Waals surface area contributed by atoms with Crippen LogP contribution >= 0.6 is 0 Å². The fourth-order valence-electron chi connectivity index (χ4n) is 2.96. The lowest BCUT2D eigenvalue weighted by atomic mass is 9.92. The summed E-state index contributed by atoms with van der Waals surface area (Å²) in [6, 6.07) is 1.04. The number of alkyl halides is 6. The zero-order chi connectivity index (χ0) is 23.1. The van der Waals surface area contributed by atoms with Gasteiger partial charge in [0.15, 0.2) is 6.19 Å². The molecule has 6 N–H and O–H groups in total. The molecule has 0 radical (unpaired) electrons. The molecule has 1 aromatic carbocycles. The molecule has 2 heterocycles. The largest absolute Gasteiger partial charge is 0.416 e. The van der Waals surface area contributed by atoms with Crippen molar-refractivity contribution in [3.8, 4) is 12.3 Å². The Kier molecular flexibility index (Phi) is 5.03. The van der Waals surface area contributed by atoms with Gasteiger partial charge in [0.2, 0.25) is 5.96 Å². The number of fused-ring (bicyclic) bond motifs is 1. The summed E-state index contributed by atoms with van der Waals surface area (Å²) in [7, 11) is 0. The molecule has 1 aromatic heterocycles. The fourth-order valence-corrected chi connectivity index (χ4v) is 2.96. The molecule has 3 rings (SSSR count). The first-order valence-corrected chi connectivity index (χ1v) is 8.15. The van der Waals surface area contributed by atoms with Crippen LogP contribution < -0.4 is 22.1 Å². The van der Waals surface area contributed by atoms with Crippen LogP contribution in [0.2, 0.25) is 0 Å². The molecule has 0 aliphatic carbocycles. The van der Waals surface area contributed by atoms with Gasteiger partial charge in [0.1, 0.15) is 29.3 Å². The minimum absolute atomic E-state index is 0.0328. The molecule has 14 heteroatoms. The summed E-state index contributed by atoms with van der Waals surface area (Å²) in [5, 5.41) is 22.7. The van der Waals surface area contributed by atoms with E-state index in [4.69, 9.17) is 16.7 Å². The molecule has 0 amide bonds. The zero-order valence-electron chi connectivity index (χ0n) is 15.0. The predicted molar refractivity (Wildman–Crippen MR) is 95.9 cm³/mol. The number of nitrogen functional groups attached to an aromatic ring is 2. The third-order valence-electron chi connectivity index (χ3n) is 4.28. The van der Waals surface area contributed by atoms with Crippen LogP contribution in [0.25, 0.3) is 0 Å². The number of nitriles is 2. The fraction of sp³-hybridized carbons (Fsp3) is 0.176. The maximum Gasteiger partial charge on any atom is 0.416 e. The lowest BCUT2D eigenvalue weighted by Gasteiger charge is -2.27. The first-order valence-electron chi connectivity index (χ1n) is 8.15. The third-order valence-corrected chi connectivity index (χ3v) is 4.28. The molecule has 2 aromatic rings. The van der Waals surface area contributed by atoms with Crippen LogP contribution in [0.5, 0.6) is 0 Å². The van der Waals surface area contributed by atoms with Crippen molar-refractivity contribution in [2.75, 3.05) is 16.8 Å². The number of nitrogens with two attached hydrogens (primary N) is 2. The number of hydrogen-bond acceptors (Lipinski definition) is 8. The van der Waals surface area contributed by atoms with Gasteiger partial charge in [0.05, 0.1) is 16.8 Å². The van der Waals surface area contributed by atoms with Crippen LogP contribution in [-0.2, 0) is 12.4 Å². The van der Waals surface area contributed by atoms with Gasteiger partial charge in [-0.2, -0.15) is 36.9 Å². The van der Waals surface area contributed by atoms with E-state index in [1.165, 1.54) is 6.19 Å². The highest BCUT2D eigenvalue weighted by molar-refractivity contribution is 5.98. The number of pyridine rings is 1. The zero-order valence-corrected chi connectivity index (χ0v) is 15.0. The van der Waals surface area contributed by atoms with Crippen LogP contribution in [0, 0.1) is 22.8 Å². The van der Waals surface area contributed by atoms with Crippen molar-refractivity contribution in [1.82, 2.24) is 10.3 Å². The molecule has 8 nitrogen and oxygen atoms in total. The summed E-state index contributed by atoms with van der Waals surface area (Å²) in [6.45, 7) is 0. The van der Waals surface area contributed by atoms with E-state index in [9.17, 15) is 31.6 Å². The number of aromatic nitrogens is 1. The molecule has 0 saturated carbocycles. The van der Waals surface area contributed by atoms with Crippen molar-refractivity contribution in [3.63, 3.8) is 0 Å². The molecule has 0 fully saturated rings.